The lowest BCUT2D eigenvalue weighted by Gasteiger charge is -2.24. The number of carbonyl (C=O) groups is 2. The highest BCUT2D eigenvalue weighted by Gasteiger charge is 2.27. The van der Waals surface area contributed by atoms with E-state index in [1.807, 2.05) is 42.5 Å². The molecule has 0 aliphatic heterocycles. The van der Waals surface area contributed by atoms with Crippen molar-refractivity contribution in [3.8, 4) is 0 Å². The zero-order chi connectivity index (χ0) is 19.1. The number of ether oxygens (including phenoxy) is 2. The summed E-state index contributed by atoms with van der Waals surface area (Å²) in [4.78, 5) is 24.9. The Hall–Kier alpha value is -3.40. The normalized spacial score (nSPS) is 12.6. The third-order valence-electron chi connectivity index (χ3n) is 4.10. The Morgan fingerprint density at radius 3 is 1.52 bits per heavy atom. The van der Waals surface area contributed by atoms with E-state index in [9.17, 15) is 9.59 Å². The molecule has 136 valence electrons. The Morgan fingerprint density at radius 2 is 1.04 bits per heavy atom. The first-order chi connectivity index (χ1) is 13.1. The molecule has 0 aromatic heterocycles. The Kier molecular flexibility index (Phi) is 6.00. The number of hydrogen-bond donors (Lipinski definition) is 0. The smallest absolute Gasteiger partial charge is 0.338 e. The molecule has 3 rings (SSSR count). The number of carbonyl (C=O) groups excluding carboxylic acids is 2. The molecule has 3 aromatic rings. The van der Waals surface area contributed by atoms with Gasteiger partial charge in [-0.1, -0.05) is 66.7 Å². The van der Waals surface area contributed by atoms with E-state index in [1.165, 1.54) is 0 Å². The van der Waals surface area contributed by atoms with Crippen LogP contribution < -0.4 is 0 Å². The average Bonchev–Trinajstić information content (AvgIpc) is 2.73. The second kappa shape index (κ2) is 8.81. The topological polar surface area (TPSA) is 52.6 Å². The van der Waals surface area contributed by atoms with Gasteiger partial charge in [0.1, 0.15) is 6.10 Å². The van der Waals surface area contributed by atoms with Crippen LogP contribution in [0.15, 0.2) is 91.0 Å². The van der Waals surface area contributed by atoms with Crippen LogP contribution in [0, 0.1) is 0 Å². The first kappa shape index (κ1) is 18.4. The predicted octanol–water partition coefficient (Wildman–Crippen LogP) is 4.83. The fraction of sp³-hybridized carbons (Fsp3) is 0.130. The number of hydrogen-bond acceptors (Lipinski definition) is 4. The van der Waals surface area contributed by atoms with Crippen LogP contribution >= 0.6 is 0 Å². The van der Waals surface area contributed by atoms with Crippen LogP contribution in [0.1, 0.15) is 39.3 Å². The molecule has 0 radical (unpaired) electrons. The highest BCUT2D eigenvalue weighted by molar-refractivity contribution is 5.90. The fourth-order valence-corrected chi connectivity index (χ4v) is 2.71. The molecule has 0 heterocycles. The molecule has 0 N–H and O–H groups in total. The molecule has 0 fully saturated rings. The van der Waals surface area contributed by atoms with Gasteiger partial charge < -0.3 is 9.47 Å². The Labute approximate surface area is 158 Å². The van der Waals surface area contributed by atoms with Crippen LogP contribution in [0.5, 0.6) is 0 Å². The summed E-state index contributed by atoms with van der Waals surface area (Å²) in [5.74, 6) is -0.924. The molecule has 4 heteroatoms. The summed E-state index contributed by atoms with van der Waals surface area (Å²) in [6.07, 6.45) is -1.38. The third kappa shape index (κ3) is 4.82. The molecule has 2 atom stereocenters. The van der Waals surface area contributed by atoms with E-state index in [1.54, 1.807) is 55.5 Å². The Morgan fingerprint density at radius 1 is 0.630 bits per heavy atom. The van der Waals surface area contributed by atoms with Crippen molar-refractivity contribution >= 4 is 11.9 Å². The first-order valence-electron chi connectivity index (χ1n) is 8.72. The lowest BCUT2D eigenvalue weighted by atomic mass is 10.0. The lowest BCUT2D eigenvalue weighted by molar-refractivity contribution is -0.0312. The monoisotopic (exact) mass is 360 g/mol. The third-order valence-corrected chi connectivity index (χ3v) is 4.10. The van der Waals surface area contributed by atoms with E-state index < -0.39 is 24.1 Å². The van der Waals surface area contributed by atoms with E-state index >= 15 is 0 Å². The standard InChI is InChI=1S/C23H20O4/c1-17(26-22(24)19-13-7-3-8-14-19)21(18-11-5-2-6-12-18)27-23(25)20-15-9-4-10-16-20/h2-17,21H,1H3/t17-,21+/m1/s1. The minimum absolute atomic E-state index is 0.444. The minimum Gasteiger partial charge on any atom is -0.455 e. The first-order valence-corrected chi connectivity index (χ1v) is 8.72. The maximum atomic E-state index is 12.5. The maximum Gasteiger partial charge on any atom is 0.338 e. The van der Waals surface area contributed by atoms with E-state index in [2.05, 4.69) is 0 Å². The predicted molar refractivity (Wildman–Crippen MR) is 102 cm³/mol. The quantitative estimate of drug-likeness (QED) is 0.591. The van der Waals surface area contributed by atoms with Gasteiger partial charge in [0.25, 0.3) is 0 Å². The van der Waals surface area contributed by atoms with Gasteiger partial charge >= 0.3 is 11.9 Å². The second-order valence-corrected chi connectivity index (χ2v) is 6.08. The average molecular weight is 360 g/mol. The van der Waals surface area contributed by atoms with E-state index in [4.69, 9.17) is 9.47 Å². The SMILES string of the molecule is C[C@@H](OC(=O)c1ccccc1)[C@H](OC(=O)c1ccccc1)c1ccccc1. The zero-order valence-electron chi connectivity index (χ0n) is 14.9. The van der Waals surface area contributed by atoms with Gasteiger partial charge in [-0.3, -0.25) is 0 Å². The summed E-state index contributed by atoms with van der Waals surface area (Å²) < 4.78 is 11.3. The van der Waals surface area contributed by atoms with Crippen molar-refractivity contribution < 1.29 is 19.1 Å². The van der Waals surface area contributed by atoms with Crippen molar-refractivity contribution in [2.45, 2.75) is 19.1 Å². The fourth-order valence-electron chi connectivity index (χ4n) is 2.71. The van der Waals surface area contributed by atoms with Crippen molar-refractivity contribution in [3.05, 3.63) is 108 Å². The van der Waals surface area contributed by atoms with E-state index in [-0.39, 0.29) is 0 Å². The van der Waals surface area contributed by atoms with E-state index in [0.717, 1.165) is 5.56 Å². The van der Waals surface area contributed by atoms with Crippen LogP contribution in [0.4, 0.5) is 0 Å². The molecule has 4 nitrogen and oxygen atoms in total. The number of esters is 2. The van der Waals surface area contributed by atoms with Crippen molar-refractivity contribution in [3.63, 3.8) is 0 Å². The molecule has 0 amide bonds. The lowest BCUT2D eigenvalue weighted by Crippen LogP contribution is -2.27. The molecular formula is C23H20O4. The van der Waals surface area contributed by atoms with Gasteiger partial charge in [-0.15, -0.1) is 0 Å². The molecule has 3 aromatic carbocycles. The van der Waals surface area contributed by atoms with Gasteiger partial charge in [0, 0.05) is 0 Å². The minimum atomic E-state index is -0.716. The van der Waals surface area contributed by atoms with Crippen LogP contribution in [-0.4, -0.2) is 18.0 Å². The summed E-state index contributed by atoms with van der Waals surface area (Å²) in [6.45, 7) is 1.72. The molecule has 0 spiro atoms. The molecular weight excluding hydrogens is 340 g/mol. The summed E-state index contributed by atoms with van der Waals surface area (Å²) in [5, 5.41) is 0. The van der Waals surface area contributed by atoms with Crippen molar-refractivity contribution in [1.82, 2.24) is 0 Å². The highest BCUT2D eigenvalue weighted by atomic mass is 16.6. The van der Waals surface area contributed by atoms with Crippen LogP contribution in [-0.2, 0) is 9.47 Å². The summed E-state index contributed by atoms with van der Waals surface area (Å²) in [6, 6.07) is 26.7. The molecule has 0 aliphatic rings. The van der Waals surface area contributed by atoms with Gasteiger partial charge in [-0.05, 0) is 36.8 Å². The molecule has 0 saturated heterocycles. The van der Waals surface area contributed by atoms with Gasteiger partial charge in [0.05, 0.1) is 11.1 Å². The number of benzene rings is 3. The van der Waals surface area contributed by atoms with Crippen molar-refractivity contribution in [1.29, 1.82) is 0 Å². The number of rotatable bonds is 6. The van der Waals surface area contributed by atoms with Gasteiger partial charge in [0.2, 0.25) is 0 Å². The van der Waals surface area contributed by atoms with Crippen LogP contribution in [0.2, 0.25) is 0 Å². The van der Waals surface area contributed by atoms with Crippen LogP contribution in [0.3, 0.4) is 0 Å². The highest BCUT2D eigenvalue weighted by Crippen LogP contribution is 2.25. The van der Waals surface area contributed by atoms with Gasteiger partial charge in [-0.2, -0.15) is 0 Å². The van der Waals surface area contributed by atoms with E-state index in [0.29, 0.717) is 11.1 Å². The van der Waals surface area contributed by atoms with Gasteiger partial charge in [0.15, 0.2) is 6.10 Å². The molecule has 0 unspecified atom stereocenters. The second-order valence-electron chi connectivity index (χ2n) is 6.08. The largest absolute Gasteiger partial charge is 0.455 e. The molecule has 0 aliphatic carbocycles. The van der Waals surface area contributed by atoms with Crippen molar-refractivity contribution in [2.75, 3.05) is 0 Å². The Bertz CT molecular complexity index is 876. The summed E-state index contributed by atoms with van der Waals surface area (Å²) >= 11 is 0. The molecule has 0 bridgehead atoms. The van der Waals surface area contributed by atoms with Gasteiger partial charge in [-0.25, -0.2) is 9.59 Å². The summed E-state index contributed by atoms with van der Waals surface area (Å²) in [5.41, 5.74) is 1.65. The Balaban J connectivity index is 1.79. The van der Waals surface area contributed by atoms with Crippen LogP contribution in [0.25, 0.3) is 0 Å². The molecule has 0 saturated carbocycles. The van der Waals surface area contributed by atoms with Crippen molar-refractivity contribution in [2.24, 2.45) is 0 Å². The maximum absolute atomic E-state index is 12.5. The summed E-state index contributed by atoms with van der Waals surface area (Å²) in [7, 11) is 0. The zero-order valence-corrected chi connectivity index (χ0v) is 14.9. The molecule has 27 heavy (non-hydrogen) atoms.